The molecule has 0 fully saturated rings. The Morgan fingerprint density at radius 1 is 1.47 bits per heavy atom. The summed E-state index contributed by atoms with van der Waals surface area (Å²) < 4.78 is 30.8. The van der Waals surface area contributed by atoms with Crippen LogP contribution in [0.4, 0.5) is 8.78 Å². The lowest BCUT2D eigenvalue weighted by Gasteiger charge is -2.12. The molecule has 0 radical (unpaired) electrons. The summed E-state index contributed by atoms with van der Waals surface area (Å²) in [5.41, 5.74) is 0.154. The first-order valence-corrected chi connectivity index (χ1v) is 6.71. The summed E-state index contributed by atoms with van der Waals surface area (Å²) in [5.74, 6) is -0.536. The summed E-state index contributed by atoms with van der Waals surface area (Å²) in [4.78, 5) is 11.4. The van der Waals surface area contributed by atoms with E-state index in [1.807, 2.05) is 0 Å². The molecule has 0 saturated carbocycles. The molecule has 0 amide bonds. The van der Waals surface area contributed by atoms with Gasteiger partial charge in [-0.2, -0.15) is 5.26 Å². The van der Waals surface area contributed by atoms with Crippen molar-refractivity contribution in [1.29, 1.82) is 5.26 Å². The van der Waals surface area contributed by atoms with Crippen LogP contribution in [-0.4, -0.2) is 12.6 Å². The van der Waals surface area contributed by atoms with Crippen molar-refractivity contribution in [3.8, 4) is 6.07 Å². The third-order valence-electron chi connectivity index (χ3n) is 2.54. The van der Waals surface area contributed by atoms with Gasteiger partial charge in [-0.05, 0) is 18.1 Å². The van der Waals surface area contributed by atoms with Crippen molar-refractivity contribution in [3.05, 3.63) is 34.4 Å². The summed E-state index contributed by atoms with van der Waals surface area (Å²) in [5, 5.41) is 9.28. The predicted octanol–water partition coefficient (Wildman–Crippen LogP) is 3.50. The van der Waals surface area contributed by atoms with Crippen molar-refractivity contribution >= 4 is 21.9 Å². The second-order valence-corrected chi connectivity index (χ2v) is 4.26. The van der Waals surface area contributed by atoms with Crippen molar-refractivity contribution in [2.45, 2.75) is 25.1 Å². The van der Waals surface area contributed by atoms with Crippen LogP contribution in [0.3, 0.4) is 0 Å². The maximum Gasteiger partial charge on any atom is 0.310 e. The molecule has 0 bridgehead atoms. The van der Waals surface area contributed by atoms with Gasteiger partial charge in [0.05, 0.1) is 24.7 Å². The van der Waals surface area contributed by atoms with E-state index in [1.165, 1.54) is 12.1 Å². The zero-order valence-corrected chi connectivity index (χ0v) is 11.8. The largest absolute Gasteiger partial charge is 0.466 e. The van der Waals surface area contributed by atoms with Gasteiger partial charge < -0.3 is 4.74 Å². The maximum absolute atomic E-state index is 13.0. The number of carbonyl (C=O) groups excluding carboxylic acids is 1. The highest BCUT2D eigenvalue weighted by molar-refractivity contribution is 9.08. The van der Waals surface area contributed by atoms with E-state index in [9.17, 15) is 13.6 Å². The van der Waals surface area contributed by atoms with E-state index < -0.39 is 12.4 Å². The lowest BCUT2D eigenvalue weighted by Crippen LogP contribution is -2.10. The first kappa shape index (κ1) is 15.6. The number of benzene rings is 1. The lowest BCUT2D eigenvalue weighted by atomic mass is 9.96. The number of hydrogen-bond donors (Lipinski definition) is 0. The quantitative estimate of drug-likeness (QED) is 0.613. The molecule has 0 aliphatic carbocycles. The molecule has 0 spiro atoms. The predicted molar refractivity (Wildman–Crippen MR) is 69.1 cm³/mol. The summed E-state index contributed by atoms with van der Waals surface area (Å²) in [7, 11) is 0. The summed E-state index contributed by atoms with van der Waals surface area (Å²) >= 11 is 3.11. The molecule has 0 saturated heterocycles. The standard InChI is InChI=1S/C13H12BrF2NO2/c1-2-19-11(18)5-8-3-4-9(6-14)12(13(15)16)10(8)7-17/h3-4,13H,2,5-6H2,1H3. The Hall–Kier alpha value is -1.48. The normalized spacial score (nSPS) is 10.3. The smallest absolute Gasteiger partial charge is 0.310 e. The molecule has 6 heteroatoms. The van der Waals surface area contributed by atoms with E-state index in [4.69, 9.17) is 10.00 Å². The Kier molecular flexibility index (Phi) is 5.90. The van der Waals surface area contributed by atoms with Crippen LogP contribution >= 0.6 is 15.9 Å². The first-order chi connectivity index (χ1) is 9.04. The number of hydrogen-bond acceptors (Lipinski definition) is 3. The van der Waals surface area contributed by atoms with Crippen molar-refractivity contribution in [3.63, 3.8) is 0 Å². The van der Waals surface area contributed by atoms with Gasteiger partial charge in [0.2, 0.25) is 0 Å². The minimum Gasteiger partial charge on any atom is -0.466 e. The van der Waals surface area contributed by atoms with Gasteiger partial charge in [0.1, 0.15) is 0 Å². The fraction of sp³-hybridized carbons (Fsp3) is 0.385. The van der Waals surface area contributed by atoms with Gasteiger partial charge in [-0.3, -0.25) is 4.79 Å². The molecule has 0 unspecified atom stereocenters. The van der Waals surface area contributed by atoms with E-state index in [-0.39, 0.29) is 35.0 Å². The van der Waals surface area contributed by atoms with Gasteiger partial charge in [0.25, 0.3) is 6.43 Å². The Balaban J connectivity index is 3.24. The molecule has 102 valence electrons. The highest BCUT2D eigenvalue weighted by Gasteiger charge is 2.21. The SMILES string of the molecule is CCOC(=O)Cc1ccc(CBr)c(C(F)F)c1C#N. The van der Waals surface area contributed by atoms with Crippen LogP contribution in [0.5, 0.6) is 0 Å². The summed E-state index contributed by atoms with van der Waals surface area (Å²) in [6.07, 6.45) is -2.94. The minimum absolute atomic E-state index is 0.139. The zero-order valence-electron chi connectivity index (χ0n) is 10.3. The number of halogens is 3. The van der Waals surface area contributed by atoms with Gasteiger partial charge in [0, 0.05) is 10.9 Å². The maximum atomic E-state index is 13.0. The number of carbonyl (C=O) groups is 1. The molecule has 0 N–H and O–H groups in total. The van der Waals surface area contributed by atoms with Crippen LogP contribution in [0.1, 0.15) is 35.6 Å². The molecular weight excluding hydrogens is 320 g/mol. The molecule has 1 aromatic carbocycles. The fourth-order valence-corrected chi connectivity index (χ4v) is 2.21. The Morgan fingerprint density at radius 3 is 2.58 bits per heavy atom. The van der Waals surface area contributed by atoms with Gasteiger partial charge in [0.15, 0.2) is 0 Å². The Labute approximate surface area is 118 Å². The van der Waals surface area contributed by atoms with Crippen LogP contribution in [0.2, 0.25) is 0 Å². The van der Waals surface area contributed by atoms with E-state index in [1.54, 1.807) is 13.0 Å². The van der Waals surface area contributed by atoms with Crippen LogP contribution in [0, 0.1) is 11.3 Å². The highest BCUT2D eigenvalue weighted by atomic mass is 79.9. The van der Waals surface area contributed by atoms with Gasteiger partial charge in [-0.25, -0.2) is 8.78 Å². The van der Waals surface area contributed by atoms with E-state index in [0.717, 1.165) is 0 Å². The first-order valence-electron chi connectivity index (χ1n) is 5.59. The number of esters is 1. The molecule has 0 aliphatic rings. The molecular formula is C13H12BrF2NO2. The Bertz CT molecular complexity index is 512. The lowest BCUT2D eigenvalue weighted by molar-refractivity contribution is -0.142. The molecule has 1 rings (SSSR count). The van der Waals surface area contributed by atoms with Crippen LogP contribution in [0.25, 0.3) is 0 Å². The molecule has 0 heterocycles. The number of alkyl halides is 3. The number of rotatable bonds is 5. The van der Waals surface area contributed by atoms with Gasteiger partial charge >= 0.3 is 5.97 Å². The summed E-state index contributed by atoms with van der Waals surface area (Å²) in [6, 6.07) is 4.76. The summed E-state index contributed by atoms with van der Waals surface area (Å²) in [6.45, 7) is 1.86. The van der Waals surface area contributed by atoms with Crippen molar-refractivity contribution in [1.82, 2.24) is 0 Å². The van der Waals surface area contributed by atoms with Gasteiger partial charge in [-0.15, -0.1) is 0 Å². The second kappa shape index (κ2) is 7.19. The molecule has 0 aromatic heterocycles. The minimum atomic E-state index is -2.76. The van der Waals surface area contributed by atoms with Crippen molar-refractivity contribution < 1.29 is 18.3 Å². The molecule has 1 aromatic rings. The molecule has 0 atom stereocenters. The highest BCUT2D eigenvalue weighted by Crippen LogP contribution is 2.30. The average molecular weight is 332 g/mol. The molecule has 19 heavy (non-hydrogen) atoms. The van der Waals surface area contributed by atoms with Gasteiger partial charge in [-0.1, -0.05) is 28.1 Å². The van der Waals surface area contributed by atoms with E-state index in [2.05, 4.69) is 15.9 Å². The zero-order chi connectivity index (χ0) is 14.4. The van der Waals surface area contributed by atoms with Crippen LogP contribution in [0.15, 0.2) is 12.1 Å². The number of ether oxygens (including phenoxy) is 1. The Morgan fingerprint density at radius 2 is 2.11 bits per heavy atom. The van der Waals surface area contributed by atoms with Crippen molar-refractivity contribution in [2.75, 3.05) is 6.61 Å². The monoisotopic (exact) mass is 331 g/mol. The second-order valence-electron chi connectivity index (χ2n) is 3.70. The van der Waals surface area contributed by atoms with Crippen molar-refractivity contribution in [2.24, 2.45) is 0 Å². The van der Waals surface area contributed by atoms with E-state index >= 15 is 0 Å². The third kappa shape index (κ3) is 3.74. The van der Waals surface area contributed by atoms with Crippen LogP contribution in [-0.2, 0) is 21.3 Å². The molecule has 3 nitrogen and oxygen atoms in total. The number of nitriles is 1. The number of nitrogens with zero attached hydrogens (tertiary/aromatic N) is 1. The topological polar surface area (TPSA) is 50.1 Å². The molecule has 0 aliphatic heterocycles. The van der Waals surface area contributed by atoms with E-state index in [0.29, 0.717) is 5.56 Å². The fourth-order valence-electron chi connectivity index (χ4n) is 1.72. The third-order valence-corrected chi connectivity index (χ3v) is 3.14. The average Bonchev–Trinajstić information content (AvgIpc) is 2.38. The van der Waals surface area contributed by atoms with Crippen LogP contribution < -0.4 is 0 Å².